The molecule has 0 saturated heterocycles. The van der Waals surface area contributed by atoms with Crippen molar-refractivity contribution in [2.24, 2.45) is 0 Å². The lowest BCUT2D eigenvalue weighted by molar-refractivity contribution is 0.0679. The second-order valence-electron chi connectivity index (χ2n) is 4.11. The summed E-state index contributed by atoms with van der Waals surface area (Å²) < 4.78 is 21.3. The predicted octanol–water partition coefficient (Wildman–Crippen LogP) is 1.25. The normalized spacial score (nSPS) is 22.3. The molecule has 1 rings (SSSR count). The van der Waals surface area contributed by atoms with Gasteiger partial charge in [-0.1, -0.05) is 0 Å². The highest BCUT2D eigenvalue weighted by Gasteiger charge is 2.55. The molecule has 0 aliphatic heterocycles. The van der Waals surface area contributed by atoms with Crippen molar-refractivity contribution < 1.29 is 13.5 Å². The molecule has 0 unspecified atom stereocenters. The third kappa shape index (κ3) is 2.12. The lowest BCUT2D eigenvalue weighted by atomic mass is 10.0. The molecule has 12 heavy (non-hydrogen) atoms. The maximum Gasteiger partial charge on any atom is 0.238 e. The topological polar surface area (TPSA) is 54.4 Å². The lowest BCUT2D eigenvalue weighted by Gasteiger charge is -2.22. The second-order valence-corrected chi connectivity index (χ2v) is 7.07. The molecule has 0 aromatic rings. The molecule has 0 heterocycles. The number of halogens is 1. The fraction of sp³-hybridized carbons (Fsp3) is 1.00. The molecule has 1 aliphatic rings. The van der Waals surface area contributed by atoms with E-state index < -0.39 is 19.4 Å². The average molecular weight is 213 g/mol. The standard InChI is InChI=1S/C7H13ClO3S/c1-6(2,9)5-7(3-4-7)12(8,10)11/h9H,3-5H2,1-2H3. The zero-order chi connectivity index (χ0) is 9.62. The van der Waals surface area contributed by atoms with Gasteiger partial charge in [-0.25, -0.2) is 8.42 Å². The quantitative estimate of drug-likeness (QED) is 0.717. The Morgan fingerprint density at radius 1 is 1.50 bits per heavy atom. The maximum atomic E-state index is 11.0. The van der Waals surface area contributed by atoms with Gasteiger partial charge in [0, 0.05) is 10.7 Å². The van der Waals surface area contributed by atoms with Gasteiger partial charge in [-0.15, -0.1) is 0 Å². The van der Waals surface area contributed by atoms with Gasteiger partial charge in [0.1, 0.15) is 0 Å². The van der Waals surface area contributed by atoms with Crippen molar-refractivity contribution >= 4 is 19.7 Å². The Hall–Kier alpha value is 0.200. The van der Waals surface area contributed by atoms with Crippen molar-refractivity contribution in [2.75, 3.05) is 0 Å². The van der Waals surface area contributed by atoms with E-state index in [1.165, 1.54) is 0 Å². The summed E-state index contributed by atoms with van der Waals surface area (Å²) in [5.74, 6) is 0. The van der Waals surface area contributed by atoms with Gasteiger partial charge in [0.15, 0.2) is 0 Å². The molecule has 0 radical (unpaired) electrons. The third-order valence-corrected chi connectivity index (χ3v) is 4.65. The van der Waals surface area contributed by atoms with E-state index in [1.54, 1.807) is 13.8 Å². The molecule has 1 aliphatic carbocycles. The SMILES string of the molecule is CC(C)(O)CC1(S(=O)(=O)Cl)CC1. The minimum Gasteiger partial charge on any atom is -0.390 e. The molecule has 0 amide bonds. The van der Waals surface area contributed by atoms with E-state index in [9.17, 15) is 13.5 Å². The van der Waals surface area contributed by atoms with E-state index in [-0.39, 0.29) is 6.42 Å². The van der Waals surface area contributed by atoms with Crippen LogP contribution in [0.25, 0.3) is 0 Å². The van der Waals surface area contributed by atoms with Crippen LogP contribution in [0.4, 0.5) is 0 Å². The van der Waals surface area contributed by atoms with E-state index in [0.717, 1.165) is 0 Å². The van der Waals surface area contributed by atoms with Crippen molar-refractivity contribution in [2.45, 2.75) is 43.5 Å². The summed E-state index contributed by atoms with van der Waals surface area (Å²) in [4.78, 5) is 0. The van der Waals surface area contributed by atoms with Gasteiger partial charge in [-0.05, 0) is 33.1 Å². The van der Waals surface area contributed by atoms with Gasteiger partial charge < -0.3 is 5.11 Å². The molecular weight excluding hydrogens is 200 g/mol. The summed E-state index contributed by atoms with van der Waals surface area (Å²) in [6.45, 7) is 3.18. The maximum absolute atomic E-state index is 11.0. The van der Waals surface area contributed by atoms with Crippen LogP contribution in [0.5, 0.6) is 0 Å². The average Bonchev–Trinajstić information content (AvgIpc) is 2.39. The first-order valence-corrected chi connectivity index (χ1v) is 6.14. The van der Waals surface area contributed by atoms with Crippen LogP contribution in [0, 0.1) is 0 Å². The largest absolute Gasteiger partial charge is 0.390 e. The lowest BCUT2D eigenvalue weighted by Crippen LogP contribution is -2.31. The third-order valence-electron chi connectivity index (χ3n) is 2.08. The highest BCUT2D eigenvalue weighted by Crippen LogP contribution is 2.50. The first-order chi connectivity index (χ1) is 5.16. The van der Waals surface area contributed by atoms with Crippen molar-refractivity contribution in [3.63, 3.8) is 0 Å². The number of rotatable bonds is 3. The van der Waals surface area contributed by atoms with E-state index >= 15 is 0 Å². The van der Waals surface area contributed by atoms with Gasteiger partial charge in [-0.3, -0.25) is 0 Å². The number of aliphatic hydroxyl groups is 1. The molecule has 0 aromatic carbocycles. The zero-order valence-corrected chi connectivity index (χ0v) is 8.74. The second kappa shape index (κ2) is 2.59. The molecule has 0 bridgehead atoms. The Labute approximate surface area is 77.1 Å². The van der Waals surface area contributed by atoms with Crippen LogP contribution in [0.1, 0.15) is 33.1 Å². The summed E-state index contributed by atoms with van der Waals surface area (Å²) in [6, 6.07) is 0. The molecule has 1 saturated carbocycles. The Balaban J connectivity index is 2.77. The van der Waals surface area contributed by atoms with Crippen LogP contribution in [0.15, 0.2) is 0 Å². The highest BCUT2D eigenvalue weighted by atomic mass is 35.7. The van der Waals surface area contributed by atoms with Gasteiger partial charge in [-0.2, -0.15) is 0 Å². The summed E-state index contributed by atoms with van der Waals surface area (Å²) >= 11 is 0. The Kier molecular flexibility index (Phi) is 2.22. The van der Waals surface area contributed by atoms with Crippen LogP contribution < -0.4 is 0 Å². The molecule has 1 fully saturated rings. The van der Waals surface area contributed by atoms with Gasteiger partial charge in [0.25, 0.3) is 0 Å². The molecule has 72 valence electrons. The van der Waals surface area contributed by atoms with Crippen molar-refractivity contribution in [3.05, 3.63) is 0 Å². The Bertz CT molecular complexity index is 272. The van der Waals surface area contributed by atoms with Crippen LogP contribution in [-0.4, -0.2) is 23.9 Å². The first kappa shape index (κ1) is 10.3. The van der Waals surface area contributed by atoms with E-state index in [1.807, 2.05) is 0 Å². The summed E-state index contributed by atoms with van der Waals surface area (Å²) in [5, 5.41) is 9.43. The molecular formula is C7H13ClO3S. The molecule has 0 spiro atoms. The van der Waals surface area contributed by atoms with Crippen LogP contribution in [0.2, 0.25) is 0 Å². The summed E-state index contributed by atoms with van der Waals surface area (Å²) in [6.07, 6.45) is 1.37. The van der Waals surface area contributed by atoms with Crippen LogP contribution in [0.3, 0.4) is 0 Å². The monoisotopic (exact) mass is 212 g/mol. The molecule has 0 aromatic heterocycles. The van der Waals surface area contributed by atoms with Crippen molar-refractivity contribution in [1.82, 2.24) is 0 Å². The Morgan fingerprint density at radius 3 is 2.00 bits per heavy atom. The van der Waals surface area contributed by atoms with Gasteiger partial charge in [0.2, 0.25) is 9.05 Å². The van der Waals surface area contributed by atoms with E-state index in [4.69, 9.17) is 10.7 Å². The van der Waals surface area contributed by atoms with Crippen molar-refractivity contribution in [3.8, 4) is 0 Å². The minimum absolute atomic E-state index is 0.228. The predicted molar refractivity (Wildman–Crippen MR) is 47.7 cm³/mol. The molecule has 3 nitrogen and oxygen atoms in total. The molecule has 1 N–H and O–H groups in total. The highest BCUT2D eigenvalue weighted by molar-refractivity contribution is 8.15. The summed E-state index contributed by atoms with van der Waals surface area (Å²) in [5.41, 5.74) is -0.960. The van der Waals surface area contributed by atoms with Crippen LogP contribution >= 0.6 is 10.7 Å². The van der Waals surface area contributed by atoms with Crippen molar-refractivity contribution in [1.29, 1.82) is 0 Å². The molecule has 5 heteroatoms. The van der Waals surface area contributed by atoms with Crippen LogP contribution in [-0.2, 0) is 9.05 Å². The smallest absolute Gasteiger partial charge is 0.238 e. The summed E-state index contributed by atoms with van der Waals surface area (Å²) in [7, 11) is 1.74. The number of hydrogen-bond donors (Lipinski definition) is 1. The zero-order valence-electron chi connectivity index (χ0n) is 7.17. The minimum atomic E-state index is -3.51. The van der Waals surface area contributed by atoms with Gasteiger partial charge in [0.05, 0.1) is 10.3 Å². The number of hydrogen-bond acceptors (Lipinski definition) is 3. The fourth-order valence-electron chi connectivity index (χ4n) is 1.43. The van der Waals surface area contributed by atoms with E-state index in [2.05, 4.69) is 0 Å². The van der Waals surface area contributed by atoms with Gasteiger partial charge >= 0.3 is 0 Å². The first-order valence-electron chi connectivity index (χ1n) is 3.83. The fourth-order valence-corrected chi connectivity index (χ4v) is 3.18. The molecule has 0 atom stereocenters. The Morgan fingerprint density at radius 2 is 1.92 bits per heavy atom. The van der Waals surface area contributed by atoms with E-state index in [0.29, 0.717) is 12.8 Å².